The largest absolute Gasteiger partial charge is 0.381 e. The first-order chi connectivity index (χ1) is 8.24. The van der Waals surface area contributed by atoms with Gasteiger partial charge in [0.15, 0.2) is 5.82 Å². The summed E-state index contributed by atoms with van der Waals surface area (Å²) in [5.74, 6) is 0.523. The summed E-state index contributed by atoms with van der Waals surface area (Å²) >= 11 is 0. The van der Waals surface area contributed by atoms with Gasteiger partial charge >= 0.3 is 5.82 Å². The zero-order valence-electron chi connectivity index (χ0n) is 8.80. The molecule has 9 nitrogen and oxygen atoms in total. The van der Waals surface area contributed by atoms with Gasteiger partial charge in [-0.2, -0.15) is 0 Å². The van der Waals surface area contributed by atoms with Gasteiger partial charge in [-0.15, -0.1) is 5.10 Å². The summed E-state index contributed by atoms with van der Waals surface area (Å²) in [6.07, 6.45) is 4.94. The number of nitrogens with zero attached hydrogens (tertiary/aromatic N) is 7. The fraction of sp³-hybridized carbons (Fsp3) is 0.500. The molecule has 0 radical (unpaired) electrons. The van der Waals surface area contributed by atoms with Crippen LogP contribution >= 0.6 is 0 Å². The summed E-state index contributed by atoms with van der Waals surface area (Å²) in [6, 6.07) is 0.388. The Morgan fingerprint density at radius 2 is 2.35 bits per heavy atom. The minimum absolute atomic E-state index is 0.171. The van der Waals surface area contributed by atoms with Crippen LogP contribution in [0, 0.1) is 10.1 Å². The smallest absolute Gasteiger partial charge is 0.358 e. The molecule has 0 atom stereocenters. The Hall–Kier alpha value is -2.32. The summed E-state index contributed by atoms with van der Waals surface area (Å²) in [6.45, 7) is 0.393. The van der Waals surface area contributed by atoms with E-state index in [0.29, 0.717) is 18.4 Å². The summed E-state index contributed by atoms with van der Waals surface area (Å²) in [5, 5.41) is 21.9. The number of imidazole rings is 1. The molecule has 88 valence electrons. The normalized spacial score (nSPS) is 15.1. The molecule has 1 fully saturated rings. The van der Waals surface area contributed by atoms with E-state index in [1.165, 1.54) is 12.5 Å². The molecule has 2 aromatic heterocycles. The monoisotopic (exact) mass is 235 g/mol. The Balaban J connectivity index is 1.81. The second kappa shape index (κ2) is 3.61. The highest BCUT2D eigenvalue weighted by Gasteiger charge is 2.27. The van der Waals surface area contributed by atoms with Crippen molar-refractivity contribution < 1.29 is 4.92 Å². The Morgan fingerprint density at radius 1 is 1.53 bits per heavy atom. The van der Waals surface area contributed by atoms with Crippen LogP contribution in [0.5, 0.6) is 0 Å². The fourth-order valence-corrected chi connectivity index (χ4v) is 1.61. The fourth-order valence-electron chi connectivity index (χ4n) is 1.61. The molecule has 0 bridgehead atoms. The minimum atomic E-state index is -0.527. The molecule has 0 aliphatic heterocycles. The third-order valence-corrected chi connectivity index (χ3v) is 2.58. The predicted molar refractivity (Wildman–Crippen MR) is 54.1 cm³/mol. The van der Waals surface area contributed by atoms with Gasteiger partial charge in [-0.25, -0.2) is 4.68 Å². The lowest BCUT2D eigenvalue weighted by molar-refractivity contribution is -0.389. The van der Waals surface area contributed by atoms with Gasteiger partial charge in [0, 0.05) is 0 Å². The maximum Gasteiger partial charge on any atom is 0.381 e. The van der Waals surface area contributed by atoms with Gasteiger partial charge in [-0.1, -0.05) is 0 Å². The molecule has 2 heterocycles. The van der Waals surface area contributed by atoms with Crippen LogP contribution in [0.4, 0.5) is 5.82 Å². The molecule has 0 aromatic carbocycles. The average molecular weight is 235 g/mol. The SMILES string of the molecule is O=[N+]([O-])c1cn(Cc2nnnn2C2CC2)cn1. The van der Waals surface area contributed by atoms with E-state index in [0.717, 1.165) is 12.8 Å². The highest BCUT2D eigenvalue weighted by Crippen LogP contribution is 2.34. The van der Waals surface area contributed by atoms with Crippen LogP contribution in [0.25, 0.3) is 0 Å². The van der Waals surface area contributed by atoms with E-state index in [-0.39, 0.29) is 5.82 Å². The lowest BCUT2D eigenvalue weighted by Gasteiger charge is -2.01. The van der Waals surface area contributed by atoms with Crippen LogP contribution < -0.4 is 0 Å². The number of nitro groups is 1. The maximum atomic E-state index is 10.5. The lowest BCUT2D eigenvalue weighted by atomic mass is 10.5. The molecule has 1 aliphatic carbocycles. The Bertz CT molecular complexity index is 556. The van der Waals surface area contributed by atoms with Gasteiger partial charge in [0.25, 0.3) is 0 Å². The van der Waals surface area contributed by atoms with Crippen molar-refractivity contribution in [1.29, 1.82) is 0 Å². The van der Waals surface area contributed by atoms with Crippen LogP contribution in [0.15, 0.2) is 12.5 Å². The molecule has 0 amide bonds. The summed E-state index contributed by atoms with van der Waals surface area (Å²) < 4.78 is 3.37. The molecular weight excluding hydrogens is 226 g/mol. The average Bonchev–Trinajstić information content (AvgIpc) is 2.86. The first-order valence-corrected chi connectivity index (χ1v) is 5.17. The lowest BCUT2D eigenvalue weighted by Crippen LogP contribution is -2.07. The van der Waals surface area contributed by atoms with Gasteiger partial charge in [-0.3, -0.25) is 0 Å². The van der Waals surface area contributed by atoms with Gasteiger partial charge in [0.2, 0.25) is 6.33 Å². The quantitative estimate of drug-likeness (QED) is 0.552. The van der Waals surface area contributed by atoms with Crippen LogP contribution in [-0.2, 0) is 6.54 Å². The van der Waals surface area contributed by atoms with Gasteiger partial charge in [0.1, 0.15) is 6.20 Å². The van der Waals surface area contributed by atoms with E-state index < -0.39 is 4.92 Å². The molecule has 1 saturated carbocycles. The highest BCUT2D eigenvalue weighted by molar-refractivity contribution is 5.13. The third kappa shape index (κ3) is 1.86. The van der Waals surface area contributed by atoms with E-state index in [9.17, 15) is 10.1 Å². The standard InChI is InChI=1S/C8H9N7O2/c16-15(17)7-3-13(5-9-7)4-8-10-11-12-14(8)6-1-2-6/h3,5-6H,1-2,4H2. The molecule has 0 saturated heterocycles. The summed E-state index contributed by atoms with van der Waals surface area (Å²) in [4.78, 5) is 13.6. The Kier molecular flexibility index (Phi) is 2.10. The maximum absolute atomic E-state index is 10.5. The van der Waals surface area contributed by atoms with E-state index in [4.69, 9.17) is 0 Å². The van der Waals surface area contributed by atoms with Crippen molar-refractivity contribution >= 4 is 5.82 Å². The van der Waals surface area contributed by atoms with Crippen LogP contribution in [-0.4, -0.2) is 34.7 Å². The predicted octanol–water partition coefficient (Wildman–Crippen LogP) is 0.161. The van der Waals surface area contributed by atoms with Crippen molar-refractivity contribution in [2.24, 2.45) is 0 Å². The second-order valence-corrected chi connectivity index (χ2v) is 3.93. The third-order valence-electron chi connectivity index (χ3n) is 2.58. The van der Waals surface area contributed by atoms with E-state index in [1.807, 2.05) is 0 Å². The van der Waals surface area contributed by atoms with Crippen LogP contribution in [0.3, 0.4) is 0 Å². The Morgan fingerprint density at radius 3 is 3.00 bits per heavy atom. The molecule has 0 spiro atoms. The van der Waals surface area contributed by atoms with Crippen molar-refractivity contribution in [3.63, 3.8) is 0 Å². The molecule has 0 N–H and O–H groups in total. The zero-order valence-corrected chi connectivity index (χ0v) is 8.80. The van der Waals surface area contributed by atoms with Crippen LogP contribution in [0.1, 0.15) is 24.7 Å². The number of hydrogen-bond donors (Lipinski definition) is 0. The van der Waals surface area contributed by atoms with Gasteiger partial charge in [0.05, 0.1) is 12.6 Å². The number of hydrogen-bond acceptors (Lipinski definition) is 6. The first-order valence-electron chi connectivity index (χ1n) is 5.17. The van der Waals surface area contributed by atoms with Gasteiger partial charge < -0.3 is 14.7 Å². The van der Waals surface area contributed by atoms with Crippen molar-refractivity contribution in [3.8, 4) is 0 Å². The Labute approximate surface area is 95.2 Å². The molecule has 17 heavy (non-hydrogen) atoms. The second-order valence-electron chi connectivity index (χ2n) is 3.93. The van der Waals surface area contributed by atoms with Crippen molar-refractivity contribution in [2.75, 3.05) is 0 Å². The van der Waals surface area contributed by atoms with Crippen molar-refractivity contribution in [3.05, 3.63) is 28.5 Å². The molecular formula is C8H9N7O2. The van der Waals surface area contributed by atoms with E-state index in [2.05, 4.69) is 20.5 Å². The number of aromatic nitrogens is 6. The molecule has 3 rings (SSSR count). The van der Waals surface area contributed by atoms with Gasteiger partial charge in [-0.05, 0) is 33.2 Å². The van der Waals surface area contributed by atoms with Crippen molar-refractivity contribution in [1.82, 2.24) is 29.8 Å². The zero-order chi connectivity index (χ0) is 11.8. The molecule has 1 aliphatic rings. The topological polar surface area (TPSA) is 105 Å². The number of rotatable bonds is 4. The van der Waals surface area contributed by atoms with Crippen molar-refractivity contribution in [2.45, 2.75) is 25.4 Å². The minimum Gasteiger partial charge on any atom is -0.358 e. The van der Waals surface area contributed by atoms with E-state index >= 15 is 0 Å². The number of tetrazole rings is 1. The van der Waals surface area contributed by atoms with Crippen LogP contribution in [0.2, 0.25) is 0 Å². The highest BCUT2D eigenvalue weighted by atomic mass is 16.6. The molecule has 9 heteroatoms. The molecule has 2 aromatic rings. The van der Waals surface area contributed by atoms with E-state index in [1.54, 1.807) is 9.25 Å². The summed E-state index contributed by atoms with van der Waals surface area (Å²) in [5.41, 5.74) is 0. The first kappa shape index (κ1) is 9.87. The summed E-state index contributed by atoms with van der Waals surface area (Å²) in [7, 11) is 0. The molecule has 0 unspecified atom stereocenters.